The van der Waals surface area contributed by atoms with Gasteiger partial charge in [0.05, 0.1) is 23.4 Å². The molecule has 2 aromatic heterocycles. The van der Waals surface area contributed by atoms with Crippen LogP contribution in [0.3, 0.4) is 0 Å². The fourth-order valence-corrected chi connectivity index (χ4v) is 1.95. The van der Waals surface area contributed by atoms with Crippen LogP contribution in [0, 0.1) is 0 Å². The number of amides is 1. The van der Waals surface area contributed by atoms with Gasteiger partial charge in [-0.3, -0.25) is 14.2 Å². The van der Waals surface area contributed by atoms with Gasteiger partial charge in [0.2, 0.25) is 5.91 Å². The number of aryl methyl sites for hydroxylation is 1. The minimum absolute atomic E-state index is 0.125. The third kappa shape index (κ3) is 4.34. The van der Waals surface area contributed by atoms with Crippen LogP contribution in [0.25, 0.3) is 6.08 Å². The van der Waals surface area contributed by atoms with Crippen molar-refractivity contribution in [3.8, 4) is 0 Å². The highest BCUT2D eigenvalue weighted by molar-refractivity contribution is 9.10. The second-order valence-corrected chi connectivity index (χ2v) is 5.09. The molecule has 2 heterocycles. The molecule has 2 aromatic rings. The number of halogens is 1. The van der Waals surface area contributed by atoms with Gasteiger partial charge in [-0.2, -0.15) is 10.2 Å². The number of nitrogens with zero attached hydrogens (tertiary/aromatic N) is 4. The lowest BCUT2D eigenvalue weighted by Crippen LogP contribution is -2.25. The number of nitrogens with one attached hydrogen (secondary N) is 1. The zero-order valence-electron chi connectivity index (χ0n) is 11.2. The molecule has 0 saturated heterocycles. The number of hydrogen-bond acceptors (Lipinski definition) is 3. The Bertz CT molecular complexity index is 601. The topological polar surface area (TPSA) is 64.7 Å². The van der Waals surface area contributed by atoms with Gasteiger partial charge in [0, 0.05) is 37.1 Å². The first-order valence-corrected chi connectivity index (χ1v) is 7.13. The molecular formula is C13H16BrN5O. The van der Waals surface area contributed by atoms with Gasteiger partial charge in [0.1, 0.15) is 0 Å². The Balaban J connectivity index is 1.74. The minimum Gasteiger partial charge on any atom is -0.351 e. The Kier molecular flexibility index (Phi) is 5.11. The number of rotatable bonds is 6. The molecule has 0 aromatic carbocycles. The van der Waals surface area contributed by atoms with E-state index in [9.17, 15) is 4.79 Å². The van der Waals surface area contributed by atoms with Crippen molar-refractivity contribution in [3.05, 3.63) is 40.9 Å². The Hall–Kier alpha value is -1.89. The summed E-state index contributed by atoms with van der Waals surface area (Å²) in [5.74, 6) is -0.125. The minimum atomic E-state index is -0.125. The van der Waals surface area contributed by atoms with E-state index in [1.165, 1.54) is 6.08 Å². The Morgan fingerprint density at radius 3 is 2.80 bits per heavy atom. The number of carbonyl (C=O) groups is 1. The molecule has 0 fully saturated rings. The third-order valence-electron chi connectivity index (χ3n) is 2.65. The van der Waals surface area contributed by atoms with Gasteiger partial charge in [-0.25, -0.2) is 0 Å². The van der Waals surface area contributed by atoms with E-state index < -0.39 is 0 Å². The first kappa shape index (κ1) is 14.5. The highest BCUT2D eigenvalue weighted by Crippen LogP contribution is 2.05. The predicted molar refractivity (Wildman–Crippen MR) is 79.9 cm³/mol. The molecule has 0 aliphatic carbocycles. The lowest BCUT2D eigenvalue weighted by Gasteiger charge is -2.02. The molecule has 2 rings (SSSR count). The van der Waals surface area contributed by atoms with Gasteiger partial charge < -0.3 is 5.32 Å². The maximum atomic E-state index is 11.6. The smallest absolute Gasteiger partial charge is 0.244 e. The van der Waals surface area contributed by atoms with E-state index in [1.54, 1.807) is 23.2 Å². The van der Waals surface area contributed by atoms with Crippen LogP contribution >= 0.6 is 15.9 Å². The Morgan fingerprint density at radius 1 is 1.35 bits per heavy atom. The summed E-state index contributed by atoms with van der Waals surface area (Å²) in [4.78, 5) is 11.6. The average molecular weight is 338 g/mol. The first-order valence-electron chi connectivity index (χ1n) is 6.33. The SMILES string of the molecule is CCn1cc(/C=C/C(=O)NCCn2cc(Br)cn2)cn1. The van der Waals surface area contributed by atoms with E-state index >= 15 is 0 Å². The summed E-state index contributed by atoms with van der Waals surface area (Å²) in [5.41, 5.74) is 0.915. The molecule has 0 aliphatic rings. The van der Waals surface area contributed by atoms with Crippen LogP contribution in [0.15, 0.2) is 35.3 Å². The summed E-state index contributed by atoms with van der Waals surface area (Å²) in [5, 5.41) is 11.0. The summed E-state index contributed by atoms with van der Waals surface area (Å²) < 4.78 is 4.50. The lowest BCUT2D eigenvalue weighted by atomic mass is 10.3. The molecule has 0 spiro atoms. The molecule has 7 heteroatoms. The zero-order chi connectivity index (χ0) is 14.4. The maximum Gasteiger partial charge on any atom is 0.244 e. The van der Waals surface area contributed by atoms with E-state index in [0.717, 1.165) is 16.6 Å². The van der Waals surface area contributed by atoms with Gasteiger partial charge in [-0.15, -0.1) is 0 Å². The Morgan fingerprint density at radius 2 is 2.15 bits per heavy atom. The molecule has 6 nitrogen and oxygen atoms in total. The van der Waals surface area contributed by atoms with Crippen LogP contribution in [0.2, 0.25) is 0 Å². The molecule has 106 valence electrons. The highest BCUT2D eigenvalue weighted by atomic mass is 79.9. The van der Waals surface area contributed by atoms with Crippen molar-refractivity contribution in [1.29, 1.82) is 0 Å². The van der Waals surface area contributed by atoms with Crippen LogP contribution in [0.1, 0.15) is 12.5 Å². The van der Waals surface area contributed by atoms with Crippen LogP contribution in [-0.4, -0.2) is 32.0 Å². The van der Waals surface area contributed by atoms with Gasteiger partial charge in [-0.1, -0.05) is 0 Å². The van der Waals surface area contributed by atoms with Crippen molar-refractivity contribution < 1.29 is 4.79 Å². The fraction of sp³-hybridized carbons (Fsp3) is 0.308. The van der Waals surface area contributed by atoms with E-state index in [4.69, 9.17) is 0 Å². The molecule has 0 atom stereocenters. The van der Waals surface area contributed by atoms with Crippen molar-refractivity contribution in [2.24, 2.45) is 0 Å². The van der Waals surface area contributed by atoms with Crippen molar-refractivity contribution in [1.82, 2.24) is 24.9 Å². The summed E-state index contributed by atoms with van der Waals surface area (Å²) in [6.45, 7) is 4.00. The van der Waals surface area contributed by atoms with Gasteiger partial charge in [-0.05, 0) is 28.9 Å². The summed E-state index contributed by atoms with van der Waals surface area (Å²) in [6, 6.07) is 0. The van der Waals surface area contributed by atoms with Crippen molar-refractivity contribution in [3.63, 3.8) is 0 Å². The fourth-order valence-electron chi connectivity index (χ4n) is 1.62. The van der Waals surface area contributed by atoms with Gasteiger partial charge in [0.15, 0.2) is 0 Å². The highest BCUT2D eigenvalue weighted by Gasteiger charge is 1.98. The Labute approximate surface area is 125 Å². The first-order chi connectivity index (χ1) is 9.67. The van der Waals surface area contributed by atoms with E-state index in [2.05, 4.69) is 31.4 Å². The average Bonchev–Trinajstić information content (AvgIpc) is 3.05. The van der Waals surface area contributed by atoms with Crippen LogP contribution < -0.4 is 5.32 Å². The van der Waals surface area contributed by atoms with Crippen LogP contribution in [0.4, 0.5) is 0 Å². The second-order valence-electron chi connectivity index (χ2n) is 4.18. The normalized spacial score (nSPS) is 11.1. The molecule has 1 amide bonds. The van der Waals surface area contributed by atoms with Crippen molar-refractivity contribution in [2.45, 2.75) is 20.0 Å². The zero-order valence-corrected chi connectivity index (χ0v) is 12.7. The third-order valence-corrected chi connectivity index (χ3v) is 3.06. The number of aromatic nitrogens is 4. The molecule has 0 aliphatic heterocycles. The molecule has 0 saturated carbocycles. The number of hydrogen-bond donors (Lipinski definition) is 1. The monoisotopic (exact) mass is 337 g/mol. The van der Waals surface area contributed by atoms with Crippen molar-refractivity contribution >= 4 is 27.9 Å². The molecule has 20 heavy (non-hydrogen) atoms. The maximum absolute atomic E-state index is 11.6. The molecule has 0 radical (unpaired) electrons. The largest absolute Gasteiger partial charge is 0.351 e. The van der Waals surface area contributed by atoms with Gasteiger partial charge in [0.25, 0.3) is 0 Å². The van der Waals surface area contributed by atoms with Crippen molar-refractivity contribution in [2.75, 3.05) is 6.54 Å². The summed E-state index contributed by atoms with van der Waals surface area (Å²) >= 11 is 3.32. The summed E-state index contributed by atoms with van der Waals surface area (Å²) in [6.07, 6.45) is 10.5. The van der Waals surface area contributed by atoms with Crippen LogP contribution in [-0.2, 0) is 17.9 Å². The van der Waals surface area contributed by atoms with Gasteiger partial charge >= 0.3 is 0 Å². The second kappa shape index (κ2) is 7.04. The molecule has 1 N–H and O–H groups in total. The standard InChI is InChI=1S/C13H16BrN5O/c1-2-18-9-11(7-16-18)3-4-13(20)15-5-6-19-10-12(14)8-17-19/h3-4,7-10H,2,5-6H2,1H3,(H,15,20)/b4-3+. The number of carbonyl (C=O) groups excluding carboxylic acids is 1. The lowest BCUT2D eigenvalue weighted by molar-refractivity contribution is -0.116. The molecular weight excluding hydrogens is 322 g/mol. The van der Waals surface area contributed by atoms with E-state index in [-0.39, 0.29) is 5.91 Å². The molecule has 0 unspecified atom stereocenters. The van der Waals surface area contributed by atoms with E-state index in [0.29, 0.717) is 13.1 Å². The molecule has 0 bridgehead atoms. The van der Waals surface area contributed by atoms with Crippen LogP contribution in [0.5, 0.6) is 0 Å². The predicted octanol–water partition coefficient (Wildman–Crippen LogP) is 1.69. The summed E-state index contributed by atoms with van der Waals surface area (Å²) in [7, 11) is 0. The quantitative estimate of drug-likeness (QED) is 0.816. The van der Waals surface area contributed by atoms with E-state index in [1.807, 2.05) is 24.0 Å².